The smallest absolute Gasteiger partial charge is 0.333 e. The Bertz CT molecular complexity index is 1450. The number of hydrogen-bond donors (Lipinski definition) is 3. The largest absolute Gasteiger partial charge is 0.382 e. The van der Waals surface area contributed by atoms with Gasteiger partial charge in [-0.25, -0.2) is 4.79 Å². The zero-order valence-corrected chi connectivity index (χ0v) is 38.8. The van der Waals surface area contributed by atoms with E-state index in [1.54, 1.807) is 7.11 Å². The average molecular weight is 962 g/mol. The molecule has 2 heterocycles. The number of nitrogens with zero attached hydrogens (tertiary/aromatic N) is 2. The highest BCUT2D eigenvalue weighted by atomic mass is 16.7. The Balaban J connectivity index is 1.43. The molecule has 0 aromatic heterocycles. The number of hydrogen-bond acceptors (Lipinski definition) is 19. The monoisotopic (exact) mass is 961 g/mol. The molecule has 24 nitrogen and oxygen atoms in total. The van der Waals surface area contributed by atoms with Crippen LogP contribution in [0.1, 0.15) is 57.8 Å². The van der Waals surface area contributed by atoms with E-state index < -0.39 is 47.5 Å². The van der Waals surface area contributed by atoms with Crippen LogP contribution in [0.5, 0.6) is 0 Å². The van der Waals surface area contributed by atoms with Crippen molar-refractivity contribution in [2.75, 3.05) is 152 Å². The molecule has 0 aliphatic carbocycles. The van der Waals surface area contributed by atoms with Gasteiger partial charge in [0.15, 0.2) is 0 Å². The van der Waals surface area contributed by atoms with Crippen LogP contribution in [0.25, 0.3) is 0 Å². The van der Waals surface area contributed by atoms with Gasteiger partial charge in [-0.1, -0.05) is 0 Å². The van der Waals surface area contributed by atoms with Crippen molar-refractivity contribution in [1.82, 2.24) is 25.9 Å². The van der Waals surface area contributed by atoms with E-state index in [9.17, 15) is 38.4 Å². The van der Waals surface area contributed by atoms with Crippen molar-refractivity contribution in [1.29, 1.82) is 0 Å². The summed E-state index contributed by atoms with van der Waals surface area (Å²) < 4.78 is 53.7. The van der Waals surface area contributed by atoms with Gasteiger partial charge in [0.25, 0.3) is 23.6 Å². The van der Waals surface area contributed by atoms with Gasteiger partial charge in [-0.2, -0.15) is 0 Å². The summed E-state index contributed by atoms with van der Waals surface area (Å²) in [5.41, 5.74) is 0. The zero-order valence-electron chi connectivity index (χ0n) is 38.8. The highest BCUT2D eigenvalue weighted by Gasteiger charge is 2.32. The Morgan fingerprint density at radius 2 is 0.985 bits per heavy atom. The van der Waals surface area contributed by atoms with Crippen molar-refractivity contribution in [3.05, 3.63) is 12.2 Å². The first kappa shape index (κ1) is 58.6. The van der Waals surface area contributed by atoms with E-state index >= 15 is 0 Å². The summed E-state index contributed by atoms with van der Waals surface area (Å²) >= 11 is 0. The Morgan fingerprint density at radius 1 is 0.537 bits per heavy atom. The average Bonchev–Trinajstić information content (AvgIpc) is 3.81. The number of ether oxygens (including phenoxy) is 10. The van der Waals surface area contributed by atoms with Gasteiger partial charge in [-0.15, -0.1) is 5.06 Å². The summed E-state index contributed by atoms with van der Waals surface area (Å²) in [6.45, 7) is 8.11. The van der Waals surface area contributed by atoms with E-state index in [-0.39, 0.29) is 83.8 Å². The molecule has 382 valence electrons. The molecule has 7 amide bonds. The van der Waals surface area contributed by atoms with Gasteiger partial charge in [0.05, 0.1) is 119 Å². The SMILES string of the molecule is COCCOCCOCCOCCOCCOCCOCCOCCOCCOCC(=O)NCCCC[C@H](NC(=O)CCCN1C(=O)C=CC1=O)C(=O)NCCCC(=O)ON1C(=O)CCC1=O. The molecular formula is C43H71N5O19. The van der Waals surface area contributed by atoms with E-state index in [0.717, 1.165) is 17.1 Å². The predicted octanol–water partition coefficient (Wildman–Crippen LogP) is -1.24. The lowest BCUT2D eigenvalue weighted by Gasteiger charge is -2.19. The molecule has 67 heavy (non-hydrogen) atoms. The highest BCUT2D eigenvalue weighted by molar-refractivity contribution is 6.12. The minimum Gasteiger partial charge on any atom is -0.382 e. The second-order valence-electron chi connectivity index (χ2n) is 14.6. The van der Waals surface area contributed by atoms with E-state index in [4.69, 9.17) is 52.2 Å². The molecule has 24 heteroatoms. The summed E-state index contributed by atoms with van der Waals surface area (Å²) in [6.07, 6.45) is 3.50. The summed E-state index contributed by atoms with van der Waals surface area (Å²) in [5, 5.41) is 8.53. The highest BCUT2D eigenvalue weighted by Crippen LogP contribution is 2.13. The minimum atomic E-state index is -0.950. The summed E-state index contributed by atoms with van der Waals surface area (Å²) in [4.78, 5) is 103. The number of carbonyl (C=O) groups excluding carboxylic acids is 8. The lowest BCUT2D eigenvalue weighted by Crippen LogP contribution is -2.47. The third-order valence-electron chi connectivity index (χ3n) is 9.28. The van der Waals surface area contributed by atoms with Gasteiger partial charge in [0.1, 0.15) is 12.6 Å². The number of carbonyl (C=O) groups is 8. The molecule has 0 radical (unpaired) electrons. The molecule has 2 aliphatic heterocycles. The normalized spacial score (nSPS) is 14.0. The first-order valence-corrected chi connectivity index (χ1v) is 22.7. The van der Waals surface area contributed by atoms with Crippen LogP contribution in [0, 0.1) is 0 Å². The quantitative estimate of drug-likeness (QED) is 0.0476. The molecule has 0 unspecified atom stereocenters. The van der Waals surface area contributed by atoms with E-state index in [0.29, 0.717) is 130 Å². The molecule has 1 fully saturated rings. The molecule has 0 saturated carbocycles. The van der Waals surface area contributed by atoms with Crippen molar-refractivity contribution >= 4 is 47.3 Å². The van der Waals surface area contributed by atoms with Crippen molar-refractivity contribution in [3.63, 3.8) is 0 Å². The molecule has 2 aliphatic rings. The molecule has 0 bridgehead atoms. The number of nitrogens with one attached hydrogen (secondary N) is 3. The summed E-state index contributed by atoms with van der Waals surface area (Å²) in [5.74, 6) is -4.22. The fraction of sp³-hybridized carbons (Fsp3) is 0.767. The van der Waals surface area contributed by atoms with Gasteiger partial charge in [0.2, 0.25) is 17.7 Å². The second-order valence-corrected chi connectivity index (χ2v) is 14.6. The van der Waals surface area contributed by atoms with E-state index in [1.165, 1.54) is 0 Å². The number of amides is 7. The van der Waals surface area contributed by atoms with Crippen molar-refractivity contribution in [2.45, 2.75) is 63.8 Å². The topological polar surface area (TPSA) is 281 Å². The van der Waals surface area contributed by atoms with Gasteiger partial charge in [-0.05, 0) is 32.1 Å². The van der Waals surface area contributed by atoms with Gasteiger partial charge < -0.3 is 68.2 Å². The standard InChI is InChI=1S/C43H71N5O19/c1-57-16-17-58-18-19-59-20-21-60-22-23-61-24-25-62-26-27-63-28-29-64-30-31-65-32-33-66-34-37(50)44-13-3-2-6-35(46-36(49)7-5-15-47-38(51)9-10-39(47)52)43(56)45-14-4-8-42(55)67-48-40(53)11-12-41(48)54/h9-10,35H,2-8,11-34H2,1H3,(H,44,50)(H,45,56)(H,46,49)/t35-/m0/s1. The van der Waals surface area contributed by atoms with Crippen LogP contribution >= 0.6 is 0 Å². The number of imide groups is 2. The summed E-state index contributed by atoms with van der Waals surface area (Å²) in [7, 11) is 1.63. The van der Waals surface area contributed by atoms with Crippen LogP contribution < -0.4 is 16.0 Å². The van der Waals surface area contributed by atoms with Crippen LogP contribution in [-0.2, 0) is 90.6 Å². The molecule has 2 rings (SSSR count). The second kappa shape index (κ2) is 39.5. The van der Waals surface area contributed by atoms with Crippen LogP contribution in [0.2, 0.25) is 0 Å². The van der Waals surface area contributed by atoms with Crippen molar-refractivity contribution in [3.8, 4) is 0 Å². The minimum absolute atomic E-state index is 0.0308. The number of rotatable bonds is 45. The maximum absolute atomic E-state index is 13.0. The van der Waals surface area contributed by atoms with Gasteiger partial charge >= 0.3 is 5.97 Å². The summed E-state index contributed by atoms with van der Waals surface area (Å²) in [6, 6.07) is -0.950. The van der Waals surface area contributed by atoms with E-state index in [2.05, 4.69) is 16.0 Å². The maximum atomic E-state index is 13.0. The third kappa shape index (κ3) is 30.5. The van der Waals surface area contributed by atoms with Crippen LogP contribution in [0.15, 0.2) is 12.2 Å². The third-order valence-corrected chi connectivity index (χ3v) is 9.28. The lowest BCUT2D eigenvalue weighted by molar-refractivity contribution is -0.197. The molecule has 0 spiro atoms. The molecule has 1 saturated heterocycles. The first-order chi connectivity index (χ1) is 32.6. The first-order valence-electron chi connectivity index (χ1n) is 22.7. The Hall–Kier alpha value is -4.50. The lowest BCUT2D eigenvalue weighted by atomic mass is 10.1. The van der Waals surface area contributed by atoms with Crippen molar-refractivity contribution in [2.24, 2.45) is 0 Å². The molecule has 0 aromatic carbocycles. The molecule has 0 aromatic rings. The molecule has 3 N–H and O–H groups in total. The Kier molecular flexibility index (Phi) is 34.6. The van der Waals surface area contributed by atoms with Crippen LogP contribution in [0.3, 0.4) is 0 Å². The molecule has 1 atom stereocenters. The number of hydroxylamine groups is 2. The fourth-order valence-electron chi connectivity index (χ4n) is 5.78. The molecular weight excluding hydrogens is 890 g/mol. The fourth-order valence-corrected chi connectivity index (χ4v) is 5.78. The Morgan fingerprint density at radius 3 is 1.46 bits per heavy atom. The zero-order chi connectivity index (χ0) is 48.6. The predicted molar refractivity (Wildman–Crippen MR) is 233 cm³/mol. The Labute approximate surface area is 391 Å². The van der Waals surface area contributed by atoms with Gasteiger partial charge in [0, 0.05) is 64.6 Å². The maximum Gasteiger partial charge on any atom is 0.333 e. The van der Waals surface area contributed by atoms with Crippen LogP contribution in [-0.4, -0.2) is 216 Å². The number of methoxy groups -OCH3 is 1. The number of unbranched alkanes of at least 4 members (excludes halogenated alkanes) is 1. The van der Waals surface area contributed by atoms with Gasteiger partial charge in [-0.3, -0.25) is 38.5 Å². The van der Waals surface area contributed by atoms with Crippen molar-refractivity contribution < 1.29 is 90.6 Å². The van der Waals surface area contributed by atoms with E-state index in [1.807, 2.05) is 0 Å². The van der Waals surface area contributed by atoms with Crippen LogP contribution in [0.4, 0.5) is 0 Å².